The van der Waals surface area contributed by atoms with Gasteiger partial charge in [-0.1, -0.05) is 42.4 Å². The molecule has 1 aromatic rings. The lowest BCUT2D eigenvalue weighted by Crippen LogP contribution is -2.47. The Labute approximate surface area is 194 Å². The average molecular weight is 513 g/mol. The number of ether oxygens (including phenoxy) is 1. The molecule has 5 atom stereocenters. The fourth-order valence-electron chi connectivity index (χ4n) is 3.31. The van der Waals surface area contributed by atoms with E-state index in [9.17, 15) is 14.2 Å². The third-order valence-corrected chi connectivity index (χ3v) is 9.82. The number of nitrogens with zero attached hydrogens (tertiary/aromatic N) is 1. The number of phosphoric ester groups is 1. The lowest BCUT2D eigenvalue weighted by Gasteiger charge is -2.33. The van der Waals surface area contributed by atoms with E-state index in [4.69, 9.17) is 18.3 Å². The highest BCUT2D eigenvalue weighted by atomic mass is 33.1. The number of H-pyrrole nitrogens is 1. The summed E-state index contributed by atoms with van der Waals surface area (Å²) in [6.07, 6.45) is -0.196. The zero-order chi connectivity index (χ0) is 23.6. The van der Waals surface area contributed by atoms with Crippen LogP contribution in [-0.4, -0.2) is 57.2 Å². The van der Waals surface area contributed by atoms with E-state index in [1.807, 2.05) is 10.8 Å². The number of alkyl halides is 1. The quantitative estimate of drug-likeness (QED) is 0.302. The summed E-state index contributed by atoms with van der Waals surface area (Å²) in [5.41, 5.74) is -3.27. The van der Waals surface area contributed by atoms with Crippen LogP contribution in [0.25, 0.3) is 0 Å². The largest absolute Gasteiger partial charge is 0.475 e. The molecule has 0 saturated carbocycles. The van der Waals surface area contributed by atoms with Crippen LogP contribution in [0, 0.1) is 0 Å². The number of halogens is 1. The molecular formula is C19H30FN2O7PS2. The normalized spacial score (nSPS) is 32.7. The molecule has 2 fully saturated rings. The predicted molar refractivity (Wildman–Crippen MR) is 123 cm³/mol. The molecular weight excluding hydrogens is 482 g/mol. The van der Waals surface area contributed by atoms with Gasteiger partial charge in [-0.2, -0.15) is 0 Å². The standard InChI is InChI=1S/C19H30FN2O7PS2/c1-18(2,3)32-31-10-6-5-9-26-30(25)27-12-13-16(29-30)19(4,20)14(28-13)11-22-8-7-15(23)21-17(22)24/h7-8,13-14,16H,5-6,9-12H2,1-4H3,(H,21,23,24)/t13-,14?,16-,19+,30?/m1/s1. The van der Waals surface area contributed by atoms with Gasteiger partial charge in [0.25, 0.3) is 5.56 Å². The van der Waals surface area contributed by atoms with Gasteiger partial charge < -0.3 is 4.74 Å². The molecule has 0 bridgehead atoms. The van der Waals surface area contributed by atoms with Crippen molar-refractivity contribution in [3.8, 4) is 0 Å². The molecule has 0 amide bonds. The van der Waals surface area contributed by atoms with Crippen LogP contribution in [0.2, 0.25) is 0 Å². The van der Waals surface area contributed by atoms with Gasteiger partial charge in [0.05, 0.1) is 19.8 Å². The van der Waals surface area contributed by atoms with Crippen LogP contribution in [0.5, 0.6) is 0 Å². The summed E-state index contributed by atoms with van der Waals surface area (Å²) >= 11 is 0. The van der Waals surface area contributed by atoms with E-state index in [1.54, 1.807) is 10.8 Å². The minimum atomic E-state index is -3.92. The Bertz CT molecular complexity index is 949. The van der Waals surface area contributed by atoms with Crippen molar-refractivity contribution < 1.29 is 27.3 Å². The molecule has 0 spiro atoms. The first-order valence-corrected chi connectivity index (χ1v) is 14.2. The Morgan fingerprint density at radius 2 is 2.12 bits per heavy atom. The maximum atomic E-state index is 15.6. The maximum Gasteiger partial charge on any atom is 0.475 e. The van der Waals surface area contributed by atoms with Crippen LogP contribution >= 0.6 is 29.4 Å². The first kappa shape index (κ1) is 26.0. The van der Waals surface area contributed by atoms with Crippen LogP contribution in [-0.2, 0) is 29.4 Å². The van der Waals surface area contributed by atoms with Gasteiger partial charge in [-0.3, -0.25) is 27.9 Å². The molecule has 1 N–H and O–H groups in total. The predicted octanol–water partition coefficient (Wildman–Crippen LogP) is 3.53. The lowest BCUT2D eigenvalue weighted by atomic mass is 9.95. The first-order valence-electron chi connectivity index (χ1n) is 10.4. The molecule has 2 aliphatic heterocycles. The average Bonchev–Trinajstić information content (AvgIpc) is 2.92. The van der Waals surface area contributed by atoms with Crippen LogP contribution in [0.1, 0.15) is 40.5 Å². The second-order valence-electron chi connectivity index (χ2n) is 8.90. The Balaban J connectivity index is 1.51. The van der Waals surface area contributed by atoms with Gasteiger partial charge in [0, 0.05) is 22.8 Å². The molecule has 0 aromatic carbocycles. The third-order valence-electron chi connectivity index (χ3n) is 4.94. The van der Waals surface area contributed by atoms with Crippen molar-refractivity contribution in [1.82, 2.24) is 9.55 Å². The zero-order valence-corrected chi connectivity index (χ0v) is 21.1. The summed E-state index contributed by atoms with van der Waals surface area (Å²) in [6.45, 7) is 7.62. The molecule has 13 heteroatoms. The van der Waals surface area contributed by atoms with Crippen molar-refractivity contribution in [3.63, 3.8) is 0 Å². The number of aromatic nitrogens is 2. The number of hydrogen-bond acceptors (Lipinski definition) is 9. The van der Waals surface area contributed by atoms with Crippen molar-refractivity contribution >= 4 is 29.4 Å². The van der Waals surface area contributed by atoms with E-state index in [2.05, 4.69) is 25.8 Å². The number of hydrogen-bond donors (Lipinski definition) is 1. The summed E-state index contributed by atoms with van der Waals surface area (Å²) in [7, 11) is -0.330. The summed E-state index contributed by atoms with van der Waals surface area (Å²) in [4.78, 5) is 25.3. The molecule has 0 aliphatic carbocycles. The van der Waals surface area contributed by atoms with E-state index >= 15 is 4.39 Å². The second kappa shape index (κ2) is 10.3. The maximum absolute atomic E-state index is 15.6. The summed E-state index contributed by atoms with van der Waals surface area (Å²) in [5.74, 6) is 0.935. The van der Waals surface area contributed by atoms with Gasteiger partial charge in [-0.25, -0.2) is 13.8 Å². The van der Waals surface area contributed by atoms with Gasteiger partial charge in [0.2, 0.25) is 0 Å². The van der Waals surface area contributed by atoms with Gasteiger partial charge >= 0.3 is 13.5 Å². The minimum absolute atomic E-state index is 0.142. The lowest BCUT2D eigenvalue weighted by molar-refractivity contribution is -0.0630. The highest BCUT2D eigenvalue weighted by Gasteiger charge is 2.60. The zero-order valence-electron chi connectivity index (χ0n) is 18.6. The van der Waals surface area contributed by atoms with Crippen molar-refractivity contribution in [1.29, 1.82) is 0 Å². The topological polar surface area (TPSA) is 109 Å². The molecule has 1 aromatic heterocycles. The Morgan fingerprint density at radius 1 is 1.38 bits per heavy atom. The third kappa shape index (κ3) is 6.71. The highest BCUT2D eigenvalue weighted by molar-refractivity contribution is 8.77. The number of unbranched alkanes of at least 4 members (excludes halogenated alkanes) is 1. The Morgan fingerprint density at radius 3 is 2.81 bits per heavy atom. The molecule has 3 rings (SSSR count). The van der Waals surface area contributed by atoms with Gasteiger partial charge in [0.1, 0.15) is 18.3 Å². The summed E-state index contributed by atoms with van der Waals surface area (Å²) in [5, 5.41) is 0. The first-order chi connectivity index (χ1) is 14.9. The monoisotopic (exact) mass is 512 g/mol. The van der Waals surface area contributed by atoms with Crippen molar-refractivity contribution in [2.24, 2.45) is 0 Å². The summed E-state index contributed by atoms with van der Waals surface area (Å²) < 4.78 is 51.6. The van der Waals surface area contributed by atoms with Gasteiger partial charge in [-0.05, 0) is 19.8 Å². The van der Waals surface area contributed by atoms with Gasteiger partial charge in [0.15, 0.2) is 5.67 Å². The number of nitrogens with one attached hydrogen (secondary N) is 1. The van der Waals surface area contributed by atoms with Crippen LogP contribution in [0.3, 0.4) is 0 Å². The highest BCUT2D eigenvalue weighted by Crippen LogP contribution is 2.58. The molecule has 182 valence electrons. The van der Waals surface area contributed by atoms with E-state index in [0.717, 1.165) is 16.7 Å². The van der Waals surface area contributed by atoms with Crippen molar-refractivity contribution in [2.75, 3.05) is 19.0 Å². The molecule has 2 unspecified atom stereocenters. The molecule has 32 heavy (non-hydrogen) atoms. The van der Waals surface area contributed by atoms with E-state index in [0.29, 0.717) is 6.42 Å². The fourth-order valence-corrected chi connectivity index (χ4v) is 7.23. The Hall–Kier alpha value is -0.620. The molecule has 3 heterocycles. The molecule has 2 saturated heterocycles. The van der Waals surface area contributed by atoms with Crippen LogP contribution in [0.4, 0.5) is 4.39 Å². The van der Waals surface area contributed by atoms with E-state index < -0.39 is 43.1 Å². The van der Waals surface area contributed by atoms with Crippen molar-refractivity contribution in [3.05, 3.63) is 33.1 Å². The van der Waals surface area contributed by atoms with E-state index in [1.165, 1.54) is 19.2 Å². The molecule has 9 nitrogen and oxygen atoms in total. The van der Waals surface area contributed by atoms with Crippen molar-refractivity contribution in [2.45, 2.75) is 75.8 Å². The number of rotatable bonds is 9. The molecule has 2 aliphatic rings. The second-order valence-corrected chi connectivity index (χ2v) is 13.8. The summed E-state index contributed by atoms with van der Waals surface area (Å²) in [6, 6.07) is 1.17. The van der Waals surface area contributed by atoms with Gasteiger partial charge in [-0.15, -0.1) is 0 Å². The smallest absolute Gasteiger partial charge is 0.364 e. The molecule has 0 radical (unpaired) electrons. The SMILES string of the molecule is CC(C)(C)SSCCCCOP1(=O)OC[C@H]2OC(Cn3ccc(=O)[nH]c3=O)[C@](C)(F)[C@@H]2O1. The number of phosphoric acid groups is 1. The van der Waals surface area contributed by atoms with Crippen LogP contribution < -0.4 is 11.2 Å². The van der Waals surface area contributed by atoms with Crippen LogP contribution in [0.15, 0.2) is 21.9 Å². The fraction of sp³-hybridized carbons (Fsp3) is 0.789. The minimum Gasteiger partial charge on any atom is -0.364 e. The van der Waals surface area contributed by atoms with E-state index in [-0.39, 0.29) is 24.5 Å². The number of fused-ring (bicyclic) bond motifs is 1. The number of aromatic amines is 1. The Kier molecular flexibility index (Phi) is 8.39.